The summed E-state index contributed by atoms with van der Waals surface area (Å²) in [4.78, 5) is 26.4. The second-order valence-corrected chi connectivity index (χ2v) is 6.60. The van der Waals surface area contributed by atoms with Gasteiger partial charge in [0.25, 0.3) is 5.91 Å². The van der Waals surface area contributed by atoms with E-state index < -0.39 is 0 Å². The first-order valence-corrected chi connectivity index (χ1v) is 8.21. The molecule has 2 amide bonds. The van der Waals surface area contributed by atoms with Crippen LogP contribution in [0.3, 0.4) is 0 Å². The van der Waals surface area contributed by atoms with E-state index in [1.165, 1.54) is 0 Å². The molecule has 1 fully saturated rings. The molecule has 0 aromatic heterocycles. The topological polar surface area (TPSA) is 87.5 Å². The second-order valence-electron chi connectivity index (χ2n) is 6.60. The molecule has 0 saturated heterocycles. The van der Waals surface area contributed by atoms with Crippen LogP contribution in [-0.2, 0) is 4.79 Å². The van der Waals surface area contributed by atoms with Crippen LogP contribution in [0.5, 0.6) is 0 Å². The monoisotopic (exact) mass is 316 g/mol. The Morgan fingerprint density at radius 2 is 2.13 bits per heavy atom. The standard InChI is InChI=1S/C17H24N4O2/c1-21-9-6-15(22)19-13-10-12(4-5-14(13)21)16(23)20-17(11-18)7-2-3-8-17/h4-5,10H,2-3,6-9,11,18H2,1H3,(H,19,22)(H,20,23). The van der Waals surface area contributed by atoms with Gasteiger partial charge in [0.05, 0.1) is 16.9 Å². The highest BCUT2D eigenvalue weighted by Crippen LogP contribution is 2.31. The van der Waals surface area contributed by atoms with Gasteiger partial charge in [-0.15, -0.1) is 0 Å². The summed E-state index contributed by atoms with van der Waals surface area (Å²) in [6.45, 7) is 1.13. The predicted molar refractivity (Wildman–Crippen MR) is 90.7 cm³/mol. The van der Waals surface area contributed by atoms with E-state index in [0.29, 0.717) is 30.8 Å². The van der Waals surface area contributed by atoms with Crippen molar-refractivity contribution >= 4 is 23.2 Å². The van der Waals surface area contributed by atoms with Gasteiger partial charge in [0, 0.05) is 32.1 Å². The number of benzene rings is 1. The van der Waals surface area contributed by atoms with E-state index in [4.69, 9.17) is 5.73 Å². The number of fused-ring (bicyclic) bond motifs is 1. The first-order valence-electron chi connectivity index (χ1n) is 8.21. The van der Waals surface area contributed by atoms with E-state index in [2.05, 4.69) is 10.6 Å². The number of nitrogens with two attached hydrogens (primary N) is 1. The number of amides is 2. The van der Waals surface area contributed by atoms with Crippen molar-refractivity contribution in [3.8, 4) is 0 Å². The maximum atomic E-state index is 12.6. The molecular formula is C17H24N4O2. The number of nitrogens with one attached hydrogen (secondary N) is 2. The zero-order valence-corrected chi connectivity index (χ0v) is 13.5. The molecule has 3 rings (SSSR count). The van der Waals surface area contributed by atoms with Gasteiger partial charge in [0.1, 0.15) is 0 Å². The number of carbonyl (C=O) groups excluding carboxylic acids is 2. The van der Waals surface area contributed by atoms with Gasteiger partial charge in [-0.2, -0.15) is 0 Å². The van der Waals surface area contributed by atoms with Gasteiger partial charge in [0.2, 0.25) is 5.91 Å². The summed E-state index contributed by atoms with van der Waals surface area (Å²) in [5.74, 6) is -0.149. The van der Waals surface area contributed by atoms with Crippen LogP contribution in [0, 0.1) is 0 Å². The fourth-order valence-electron chi connectivity index (χ4n) is 3.46. The first kappa shape index (κ1) is 15.8. The van der Waals surface area contributed by atoms with Crippen molar-refractivity contribution in [3.05, 3.63) is 23.8 Å². The Bertz CT molecular complexity index is 623. The molecular weight excluding hydrogens is 292 g/mol. The number of nitrogens with zero attached hydrogens (tertiary/aromatic N) is 1. The SMILES string of the molecule is CN1CCC(=O)Nc2cc(C(=O)NC3(CN)CCCC3)ccc21. The summed E-state index contributed by atoms with van der Waals surface area (Å²) >= 11 is 0. The lowest BCUT2D eigenvalue weighted by Crippen LogP contribution is -2.51. The van der Waals surface area contributed by atoms with Crippen LogP contribution in [0.25, 0.3) is 0 Å². The van der Waals surface area contributed by atoms with Crippen molar-refractivity contribution in [2.24, 2.45) is 5.73 Å². The number of anilines is 2. The van der Waals surface area contributed by atoms with E-state index in [9.17, 15) is 9.59 Å². The van der Waals surface area contributed by atoms with Crippen LogP contribution in [0.4, 0.5) is 11.4 Å². The summed E-state index contributed by atoms with van der Waals surface area (Å²) in [5.41, 5.74) is 7.79. The molecule has 124 valence electrons. The zero-order chi connectivity index (χ0) is 16.4. The molecule has 1 aromatic rings. The molecule has 6 nitrogen and oxygen atoms in total. The summed E-state index contributed by atoms with van der Waals surface area (Å²) in [6.07, 6.45) is 4.51. The van der Waals surface area contributed by atoms with Crippen LogP contribution in [0.1, 0.15) is 42.5 Å². The maximum absolute atomic E-state index is 12.6. The van der Waals surface area contributed by atoms with Gasteiger partial charge in [-0.05, 0) is 31.0 Å². The molecule has 1 saturated carbocycles. The number of hydrogen-bond donors (Lipinski definition) is 3. The van der Waals surface area contributed by atoms with Crippen molar-refractivity contribution < 1.29 is 9.59 Å². The fourth-order valence-corrected chi connectivity index (χ4v) is 3.46. The smallest absolute Gasteiger partial charge is 0.251 e. The van der Waals surface area contributed by atoms with Gasteiger partial charge >= 0.3 is 0 Å². The summed E-state index contributed by atoms with van der Waals surface area (Å²) < 4.78 is 0. The van der Waals surface area contributed by atoms with Gasteiger partial charge in [-0.25, -0.2) is 0 Å². The molecule has 23 heavy (non-hydrogen) atoms. The third-order valence-corrected chi connectivity index (χ3v) is 4.95. The zero-order valence-electron chi connectivity index (χ0n) is 13.5. The largest absolute Gasteiger partial charge is 0.372 e. The van der Waals surface area contributed by atoms with Crippen molar-refractivity contribution in [2.75, 3.05) is 30.4 Å². The van der Waals surface area contributed by atoms with Crippen LogP contribution in [0.15, 0.2) is 18.2 Å². The number of rotatable bonds is 3. The molecule has 1 heterocycles. The van der Waals surface area contributed by atoms with Crippen LogP contribution in [-0.4, -0.2) is 37.5 Å². The highest BCUT2D eigenvalue weighted by molar-refractivity contribution is 6.01. The van der Waals surface area contributed by atoms with Crippen molar-refractivity contribution in [2.45, 2.75) is 37.6 Å². The molecule has 1 aliphatic carbocycles. The van der Waals surface area contributed by atoms with Crippen LogP contribution < -0.4 is 21.3 Å². The third kappa shape index (κ3) is 3.17. The Hall–Kier alpha value is -2.08. The highest BCUT2D eigenvalue weighted by atomic mass is 16.2. The molecule has 4 N–H and O–H groups in total. The first-order chi connectivity index (χ1) is 11.0. The lowest BCUT2D eigenvalue weighted by Gasteiger charge is -2.29. The van der Waals surface area contributed by atoms with Crippen LogP contribution >= 0.6 is 0 Å². The predicted octanol–water partition coefficient (Wildman–Crippen LogP) is 1.47. The summed E-state index contributed by atoms with van der Waals surface area (Å²) in [7, 11) is 1.95. The lowest BCUT2D eigenvalue weighted by atomic mass is 9.97. The molecule has 0 radical (unpaired) electrons. The van der Waals surface area contributed by atoms with Crippen molar-refractivity contribution in [3.63, 3.8) is 0 Å². The van der Waals surface area contributed by atoms with Crippen LogP contribution in [0.2, 0.25) is 0 Å². The lowest BCUT2D eigenvalue weighted by molar-refractivity contribution is -0.115. The summed E-state index contributed by atoms with van der Waals surface area (Å²) in [6, 6.07) is 5.45. The Balaban J connectivity index is 1.83. The average molecular weight is 316 g/mol. The average Bonchev–Trinajstić information content (AvgIpc) is 2.96. The Morgan fingerprint density at radius 1 is 1.39 bits per heavy atom. The summed E-state index contributed by atoms with van der Waals surface area (Å²) in [5, 5.41) is 5.99. The molecule has 0 atom stereocenters. The van der Waals surface area contributed by atoms with Crippen molar-refractivity contribution in [1.29, 1.82) is 0 Å². The molecule has 0 spiro atoms. The molecule has 0 unspecified atom stereocenters. The van der Waals surface area contributed by atoms with Gasteiger partial charge < -0.3 is 21.3 Å². The Kier molecular flexibility index (Phi) is 4.26. The molecule has 1 aromatic carbocycles. The maximum Gasteiger partial charge on any atom is 0.251 e. The van der Waals surface area contributed by atoms with Gasteiger partial charge in [0.15, 0.2) is 0 Å². The number of carbonyl (C=O) groups is 2. The fraction of sp³-hybridized carbons (Fsp3) is 0.529. The molecule has 2 aliphatic rings. The minimum atomic E-state index is -0.274. The van der Waals surface area contributed by atoms with E-state index in [1.807, 2.05) is 18.0 Å². The Morgan fingerprint density at radius 3 is 2.83 bits per heavy atom. The minimum Gasteiger partial charge on any atom is -0.372 e. The van der Waals surface area contributed by atoms with E-state index in [0.717, 1.165) is 31.4 Å². The van der Waals surface area contributed by atoms with Gasteiger partial charge in [-0.1, -0.05) is 12.8 Å². The molecule has 1 aliphatic heterocycles. The Labute approximate surface area is 136 Å². The quantitative estimate of drug-likeness (QED) is 0.788. The normalized spacial score (nSPS) is 19.7. The van der Waals surface area contributed by atoms with Gasteiger partial charge in [-0.3, -0.25) is 9.59 Å². The minimum absolute atomic E-state index is 0.0256. The second kappa shape index (κ2) is 6.20. The highest BCUT2D eigenvalue weighted by Gasteiger charge is 2.34. The van der Waals surface area contributed by atoms with E-state index in [-0.39, 0.29) is 17.4 Å². The van der Waals surface area contributed by atoms with E-state index in [1.54, 1.807) is 12.1 Å². The van der Waals surface area contributed by atoms with E-state index >= 15 is 0 Å². The molecule has 6 heteroatoms. The molecule has 0 bridgehead atoms. The van der Waals surface area contributed by atoms with Crippen molar-refractivity contribution in [1.82, 2.24) is 5.32 Å². The number of hydrogen-bond acceptors (Lipinski definition) is 4. The third-order valence-electron chi connectivity index (χ3n) is 4.95.